The maximum atomic E-state index is 11.8. The first-order chi connectivity index (χ1) is 8.77. The molecule has 1 aromatic heterocycles. The van der Waals surface area contributed by atoms with Crippen molar-refractivity contribution in [3.63, 3.8) is 0 Å². The Bertz CT molecular complexity index is 751. The van der Waals surface area contributed by atoms with E-state index >= 15 is 0 Å². The number of fused-ring (bicyclic) bond motifs is 3. The Morgan fingerprint density at radius 3 is 2.28 bits per heavy atom. The van der Waals surface area contributed by atoms with Crippen LogP contribution >= 0.6 is 16.3 Å². The quantitative estimate of drug-likeness (QED) is 0.485. The Labute approximate surface area is 105 Å². The highest BCUT2D eigenvalue weighted by atomic mass is 31.1. The van der Waals surface area contributed by atoms with Crippen LogP contribution in [0.3, 0.4) is 0 Å². The largest absolute Gasteiger partial charge is 0.597 e. The third-order valence-electron chi connectivity index (χ3n) is 2.46. The standard InChI is InChI=1S/C12H8O2P.HO2P/c13-15-12-8-4-2-6-10(12)9-5-1-3-7-11(9)14-15;1-3-2/h1-8H;(H,1,2)/q+1;. The molecular weight excluding hydrogens is 270 g/mol. The predicted molar refractivity (Wildman–Crippen MR) is 71.2 cm³/mol. The van der Waals surface area contributed by atoms with Crippen molar-refractivity contribution in [2.45, 2.75) is 0 Å². The van der Waals surface area contributed by atoms with Crippen LogP contribution in [-0.2, 0) is 9.13 Å². The summed E-state index contributed by atoms with van der Waals surface area (Å²) >= 11 is 0. The van der Waals surface area contributed by atoms with Crippen molar-refractivity contribution in [1.82, 2.24) is 0 Å². The monoisotopic (exact) mass is 279 g/mol. The molecule has 0 aliphatic heterocycles. The van der Waals surface area contributed by atoms with Gasteiger partial charge in [-0.1, -0.05) is 30.3 Å². The molecule has 0 bridgehead atoms. The summed E-state index contributed by atoms with van der Waals surface area (Å²) in [4.78, 5) is 6.99. The summed E-state index contributed by atoms with van der Waals surface area (Å²) in [5.41, 5.74) is 0.706. The summed E-state index contributed by atoms with van der Waals surface area (Å²) in [6.45, 7) is 0. The van der Waals surface area contributed by atoms with E-state index in [1.165, 1.54) is 0 Å². The zero-order valence-corrected chi connectivity index (χ0v) is 11.0. The average Bonchev–Trinajstić information content (AvgIpc) is 2.40. The molecule has 0 fully saturated rings. The molecule has 2 aromatic carbocycles. The molecule has 0 amide bonds. The minimum Gasteiger partial charge on any atom is -0.310 e. The molecule has 0 spiro atoms. The lowest BCUT2D eigenvalue weighted by atomic mass is 10.1. The SMILES string of the molecule is O=PO.O=[p+]1oc2ccccc2c2ccccc21. The van der Waals surface area contributed by atoms with Gasteiger partial charge >= 0.3 is 16.3 Å². The summed E-state index contributed by atoms with van der Waals surface area (Å²) in [5, 5.41) is 2.81. The van der Waals surface area contributed by atoms with Crippen LogP contribution in [0.5, 0.6) is 0 Å². The van der Waals surface area contributed by atoms with Crippen LogP contribution in [0.1, 0.15) is 0 Å². The van der Waals surface area contributed by atoms with Crippen LogP contribution in [0.25, 0.3) is 21.5 Å². The third kappa shape index (κ3) is 2.46. The van der Waals surface area contributed by atoms with E-state index < -0.39 is 16.3 Å². The molecule has 90 valence electrons. The number of hydrogen-bond donors (Lipinski definition) is 1. The first-order valence-corrected chi connectivity index (χ1v) is 7.02. The van der Waals surface area contributed by atoms with Crippen molar-refractivity contribution in [2.24, 2.45) is 0 Å². The summed E-state index contributed by atoms with van der Waals surface area (Å²) < 4.78 is 25.6. The highest BCUT2D eigenvalue weighted by Crippen LogP contribution is 2.34. The second kappa shape index (κ2) is 5.83. The Kier molecular flexibility index (Phi) is 4.16. The zero-order chi connectivity index (χ0) is 13.0. The molecule has 0 radical (unpaired) electrons. The van der Waals surface area contributed by atoms with Gasteiger partial charge < -0.3 is 4.89 Å². The second-order valence-corrected chi connectivity index (χ2v) is 4.79. The van der Waals surface area contributed by atoms with Gasteiger partial charge in [-0.3, -0.25) is 0 Å². The van der Waals surface area contributed by atoms with Crippen LogP contribution in [0.4, 0.5) is 0 Å². The molecule has 1 unspecified atom stereocenters. The highest BCUT2D eigenvalue weighted by Gasteiger charge is 2.14. The van der Waals surface area contributed by atoms with E-state index in [0.717, 1.165) is 15.9 Å². The summed E-state index contributed by atoms with van der Waals surface area (Å²) in [6, 6.07) is 15.3. The first-order valence-electron chi connectivity index (χ1n) is 5.08. The molecule has 3 aromatic rings. The Hall–Kier alpha value is -1.60. The van der Waals surface area contributed by atoms with Crippen molar-refractivity contribution in [2.75, 3.05) is 0 Å². The molecule has 0 aliphatic rings. The van der Waals surface area contributed by atoms with E-state index in [1.54, 1.807) is 0 Å². The van der Waals surface area contributed by atoms with Crippen LogP contribution < -0.4 is 0 Å². The van der Waals surface area contributed by atoms with Crippen LogP contribution in [-0.4, -0.2) is 4.89 Å². The molecule has 18 heavy (non-hydrogen) atoms. The fourth-order valence-electron chi connectivity index (χ4n) is 1.77. The maximum Gasteiger partial charge on any atom is 0.597 e. The van der Waals surface area contributed by atoms with Crippen molar-refractivity contribution in [1.29, 1.82) is 0 Å². The van der Waals surface area contributed by atoms with E-state index in [1.807, 2.05) is 48.5 Å². The zero-order valence-electron chi connectivity index (χ0n) is 9.19. The average molecular weight is 279 g/mol. The van der Waals surface area contributed by atoms with Crippen molar-refractivity contribution in [3.05, 3.63) is 48.5 Å². The molecule has 3 rings (SSSR count). The molecule has 0 saturated heterocycles. The molecule has 1 N–H and O–H groups in total. The summed E-state index contributed by atoms with van der Waals surface area (Å²) in [5.74, 6) is 0. The molecule has 0 saturated carbocycles. The van der Waals surface area contributed by atoms with E-state index in [4.69, 9.17) is 13.7 Å². The maximum absolute atomic E-state index is 11.8. The van der Waals surface area contributed by atoms with E-state index in [-0.39, 0.29) is 0 Å². The van der Waals surface area contributed by atoms with Gasteiger partial charge in [-0.2, -0.15) is 0 Å². The lowest BCUT2D eigenvalue weighted by Gasteiger charge is -1.94. The van der Waals surface area contributed by atoms with Crippen LogP contribution in [0.2, 0.25) is 0 Å². The molecule has 0 aliphatic carbocycles. The van der Waals surface area contributed by atoms with E-state index in [2.05, 4.69) is 0 Å². The van der Waals surface area contributed by atoms with Gasteiger partial charge in [0.2, 0.25) is 5.12 Å². The van der Waals surface area contributed by atoms with Crippen molar-refractivity contribution >= 4 is 37.8 Å². The smallest absolute Gasteiger partial charge is 0.310 e. The third-order valence-corrected chi connectivity index (χ3v) is 3.61. The Morgan fingerprint density at radius 2 is 1.56 bits per heavy atom. The number of benzene rings is 2. The Balaban J connectivity index is 0.000000367. The molecule has 1 atom stereocenters. The highest BCUT2D eigenvalue weighted by molar-refractivity contribution is 7.37. The second-order valence-electron chi connectivity index (χ2n) is 3.44. The lowest BCUT2D eigenvalue weighted by molar-refractivity contribution is 0.524. The van der Waals surface area contributed by atoms with Gasteiger partial charge in [0.1, 0.15) is 0 Å². The van der Waals surface area contributed by atoms with Gasteiger partial charge in [-0.25, -0.2) is 8.76 Å². The molecule has 1 heterocycles. The molecular formula is C12H9O4P2+. The van der Waals surface area contributed by atoms with Crippen molar-refractivity contribution in [3.8, 4) is 0 Å². The van der Waals surface area contributed by atoms with Gasteiger partial charge in [0.05, 0.1) is 0 Å². The lowest BCUT2D eigenvalue weighted by Crippen LogP contribution is -1.73. The fraction of sp³-hybridized carbons (Fsp3) is 0. The van der Waals surface area contributed by atoms with E-state index in [0.29, 0.717) is 5.58 Å². The number of para-hydroxylation sites is 1. The predicted octanol–water partition coefficient (Wildman–Crippen LogP) is 4.51. The van der Waals surface area contributed by atoms with Gasteiger partial charge in [-0.05, 0) is 22.8 Å². The topological polar surface area (TPSA) is 67.5 Å². The van der Waals surface area contributed by atoms with Gasteiger partial charge in [0, 0.05) is 10.8 Å². The van der Waals surface area contributed by atoms with Gasteiger partial charge in [-0.15, -0.1) is 0 Å². The van der Waals surface area contributed by atoms with Crippen LogP contribution in [0, 0.1) is 0 Å². The van der Waals surface area contributed by atoms with E-state index in [9.17, 15) is 4.57 Å². The first kappa shape index (κ1) is 12.8. The normalized spacial score (nSPS) is 11.3. The molecule has 4 nitrogen and oxygen atoms in total. The number of hydrogen-bond acceptors (Lipinski definition) is 3. The van der Waals surface area contributed by atoms with Gasteiger partial charge in [0.25, 0.3) is 0 Å². The summed E-state index contributed by atoms with van der Waals surface area (Å²) in [6.07, 6.45) is 0. The fourth-order valence-corrected chi connectivity index (χ4v) is 2.80. The molecule has 6 heteroatoms. The number of rotatable bonds is 0. The van der Waals surface area contributed by atoms with Crippen LogP contribution in [0.15, 0.2) is 52.7 Å². The minimum atomic E-state index is -1.74. The Morgan fingerprint density at radius 1 is 1.00 bits per heavy atom. The van der Waals surface area contributed by atoms with Gasteiger partial charge in [0.15, 0.2) is 5.58 Å². The summed E-state index contributed by atoms with van der Waals surface area (Å²) in [7, 11) is -2.58. The minimum absolute atomic E-state index is 0.706. The van der Waals surface area contributed by atoms with Crippen molar-refractivity contribution < 1.29 is 18.2 Å².